The van der Waals surface area contributed by atoms with Gasteiger partial charge in [0.25, 0.3) is 5.91 Å². The molecule has 1 fully saturated rings. The highest BCUT2D eigenvalue weighted by Gasteiger charge is 2.32. The largest absolute Gasteiger partial charge is 0.497 e. The van der Waals surface area contributed by atoms with Crippen molar-refractivity contribution in [3.63, 3.8) is 0 Å². The number of benzene rings is 1. The molecule has 1 aliphatic rings. The molecule has 6 heteroatoms. The van der Waals surface area contributed by atoms with Gasteiger partial charge in [-0.15, -0.1) is 0 Å². The topological polar surface area (TPSA) is 56.6 Å². The van der Waals surface area contributed by atoms with Crippen molar-refractivity contribution in [1.82, 2.24) is 14.7 Å². The molecule has 0 saturated carbocycles. The zero-order valence-corrected chi connectivity index (χ0v) is 15.0. The molecule has 0 unspecified atom stereocenters. The number of hydrogen-bond donors (Lipinski definition) is 0. The van der Waals surface area contributed by atoms with Crippen molar-refractivity contribution in [2.24, 2.45) is 13.0 Å². The van der Waals surface area contributed by atoms with E-state index in [1.165, 1.54) is 5.56 Å². The van der Waals surface area contributed by atoms with E-state index in [9.17, 15) is 4.79 Å². The molecule has 1 amide bonds. The van der Waals surface area contributed by atoms with Crippen LogP contribution in [0.1, 0.15) is 22.3 Å². The lowest BCUT2D eigenvalue weighted by molar-refractivity contribution is -0.00299. The van der Waals surface area contributed by atoms with E-state index in [0.29, 0.717) is 18.7 Å². The van der Waals surface area contributed by atoms with Crippen molar-refractivity contribution in [3.8, 4) is 5.75 Å². The quantitative estimate of drug-likeness (QED) is 0.835. The fourth-order valence-electron chi connectivity index (χ4n) is 3.48. The fraction of sp³-hybridized carbons (Fsp3) is 0.474. The number of piperidine rings is 1. The summed E-state index contributed by atoms with van der Waals surface area (Å²) in [5.41, 5.74) is 1.87. The molecule has 2 heterocycles. The van der Waals surface area contributed by atoms with Crippen LogP contribution >= 0.6 is 0 Å². The van der Waals surface area contributed by atoms with Crippen molar-refractivity contribution in [2.75, 3.05) is 27.3 Å². The molecule has 1 aromatic heterocycles. The van der Waals surface area contributed by atoms with Crippen molar-refractivity contribution >= 4 is 5.91 Å². The minimum absolute atomic E-state index is 0.0439. The van der Waals surface area contributed by atoms with Gasteiger partial charge >= 0.3 is 0 Å². The lowest BCUT2D eigenvalue weighted by Crippen LogP contribution is -2.47. The van der Waals surface area contributed by atoms with E-state index in [2.05, 4.69) is 17.2 Å². The summed E-state index contributed by atoms with van der Waals surface area (Å²) >= 11 is 0. The van der Waals surface area contributed by atoms with Crippen LogP contribution in [0.5, 0.6) is 5.75 Å². The lowest BCUT2D eigenvalue weighted by Gasteiger charge is -2.38. The standard InChI is InChI=1S/C19H25N3O3/c1-21-12-16(11-20-21)19(23)22-9-8-18(25-3)15(13-22)10-14-4-6-17(24-2)7-5-14/h4-7,11-12,15,18H,8-10,13H2,1-3H3/t15-,18-/m1/s1. The number of aromatic nitrogens is 2. The summed E-state index contributed by atoms with van der Waals surface area (Å²) in [6, 6.07) is 8.10. The maximum Gasteiger partial charge on any atom is 0.257 e. The van der Waals surface area contributed by atoms with Gasteiger partial charge in [-0.25, -0.2) is 0 Å². The molecule has 0 spiro atoms. The third-order valence-electron chi connectivity index (χ3n) is 4.86. The number of methoxy groups -OCH3 is 2. The van der Waals surface area contributed by atoms with Gasteiger partial charge in [0, 0.05) is 39.4 Å². The monoisotopic (exact) mass is 343 g/mol. The van der Waals surface area contributed by atoms with Crippen LogP contribution in [0, 0.1) is 5.92 Å². The summed E-state index contributed by atoms with van der Waals surface area (Å²) in [7, 11) is 5.24. The summed E-state index contributed by atoms with van der Waals surface area (Å²) < 4.78 is 12.6. The smallest absolute Gasteiger partial charge is 0.257 e. The van der Waals surface area contributed by atoms with Gasteiger partial charge in [-0.05, 0) is 30.5 Å². The van der Waals surface area contributed by atoms with Crippen LogP contribution in [-0.2, 0) is 18.2 Å². The molecule has 1 saturated heterocycles. The molecule has 2 aromatic rings. The van der Waals surface area contributed by atoms with Gasteiger partial charge in [0.2, 0.25) is 0 Å². The maximum atomic E-state index is 12.7. The zero-order valence-electron chi connectivity index (χ0n) is 15.0. The molecule has 6 nitrogen and oxygen atoms in total. The molecule has 1 aromatic carbocycles. The van der Waals surface area contributed by atoms with Gasteiger partial charge in [-0.2, -0.15) is 5.10 Å². The normalized spacial score (nSPS) is 20.5. The molecular weight excluding hydrogens is 318 g/mol. The zero-order chi connectivity index (χ0) is 17.8. The molecule has 0 bridgehead atoms. The van der Waals surface area contributed by atoms with E-state index < -0.39 is 0 Å². The predicted octanol–water partition coefficient (Wildman–Crippen LogP) is 2.15. The van der Waals surface area contributed by atoms with E-state index in [1.54, 1.807) is 31.3 Å². The summed E-state index contributed by atoms with van der Waals surface area (Å²) in [6.07, 6.45) is 5.29. The second kappa shape index (κ2) is 7.70. The second-order valence-corrected chi connectivity index (χ2v) is 6.53. The Morgan fingerprint density at radius 1 is 1.28 bits per heavy atom. The average molecular weight is 343 g/mol. The summed E-state index contributed by atoms with van der Waals surface area (Å²) in [5, 5.41) is 4.10. The summed E-state index contributed by atoms with van der Waals surface area (Å²) in [4.78, 5) is 14.6. The highest BCUT2D eigenvalue weighted by atomic mass is 16.5. The Labute approximate surface area is 148 Å². The van der Waals surface area contributed by atoms with Gasteiger partial charge in [0.1, 0.15) is 5.75 Å². The summed E-state index contributed by atoms with van der Waals surface area (Å²) in [5.74, 6) is 1.17. The molecule has 3 rings (SSSR count). The van der Waals surface area contributed by atoms with Crippen molar-refractivity contribution < 1.29 is 14.3 Å². The SMILES string of the molecule is COc1ccc(C[C@@H]2CN(C(=O)c3cnn(C)c3)CC[C@H]2OC)cc1. The number of carbonyl (C=O) groups excluding carboxylic acids is 1. The maximum absolute atomic E-state index is 12.7. The molecule has 0 radical (unpaired) electrons. The van der Waals surface area contributed by atoms with Crippen LogP contribution in [0.3, 0.4) is 0 Å². The third-order valence-corrected chi connectivity index (χ3v) is 4.86. The van der Waals surface area contributed by atoms with Gasteiger partial charge < -0.3 is 14.4 Å². The molecule has 0 aliphatic carbocycles. The Balaban J connectivity index is 1.70. The first-order valence-corrected chi connectivity index (χ1v) is 8.54. The Morgan fingerprint density at radius 2 is 2.04 bits per heavy atom. The molecule has 134 valence electrons. The van der Waals surface area contributed by atoms with Crippen LogP contribution in [0.2, 0.25) is 0 Å². The second-order valence-electron chi connectivity index (χ2n) is 6.53. The number of ether oxygens (including phenoxy) is 2. The molecule has 2 atom stereocenters. The predicted molar refractivity (Wildman–Crippen MR) is 94.7 cm³/mol. The number of aryl methyl sites for hydroxylation is 1. The Bertz CT molecular complexity index is 711. The van der Waals surface area contributed by atoms with Crippen LogP contribution in [0.15, 0.2) is 36.7 Å². The first-order valence-electron chi connectivity index (χ1n) is 8.54. The fourth-order valence-corrected chi connectivity index (χ4v) is 3.48. The van der Waals surface area contributed by atoms with Crippen LogP contribution in [-0.4, -0.2) is 54.0 Å². The van der Waals surface area contributed by atoms with Gasteiger partial charge in [0.05, 0.1) is 25.0 Å². The van der Waals surface area contributed by atoms with Gasteiger partial charge in [-0.1, -0.05) is 12.1 Å². The molecule has 25 heavy (non-hydrogen) atoms. The number of amides is 1. The Kier molecular flexibility index (Phi) is 5.38. The molecule has 1 aliphatic heterocycles. The van der Waals surface area contributed by atoms with Crippen LogP contribution < -0.4 is 4.74 Å². The Morgan fingerprint density at radius 3 is 2.64 bits per heavy atom. The average Bonchev–Trinajstić information content (AvgIpc) is 3.08. The van der Waals surface area contributed by atoms with Crippen molar-refractivity contribution in [2.45, 2.75) is 18.9 Å². The lowest BCUT2D eigenvalue weighted by atomic mass is 9.88. The minimum atomic E-state index is 0.0439. The van der Waals surface area contributed by atoms with E-state index in [-0.39, 0.29) is 17.9 Å². The highest BCUT2D eigenvalue weighted by Crippen LogP contribution is 2.25. The van der Waals surface area contributed by atoms with E-state index in [4.69, 9.17) is 9.47 Å². The molecule has 0 N–H and O–H groups in total. The van der Waals surface area contributed by atoms with Crippen molar-refractivity contribution in [3.05, 3.63) is 47.8 Å². The molecular formula is C19H25N3O3. The van der Waals surface area contributed by atoms with Crippen LogP contribution in [0.4, 0.5) is 0 Å². The van der Waals surface area contributed by atoms with Gasteiger partial charge in [0.15, 0.2) is 0 Å². The number of hydrogen-bond acceptors (Lipinski definition) is 4. The highest BCUT2D eigenvalue weighted by molar-refractivity contribution is 5.93. The Hall–Kier alpha value is -2.34. The minimum Gasteiger partial charge on any atom is -0.497 e. The van der Waals surface area contributed by atoms with E-state index in [0.717, 1.165) is 18.6 Å². The van der Waals surface area contributed by atoms with E-state index in [1.807, 2.05) is 24.1 Å². The number of carbonyl (C=O) groups is 1. The van der Waals surface area contributed by atoms with E-state index >= 15 is 0 Å². The third kappa shape index (κ3) is 4.02. The number of likely N-dealkylation sites (tertiary alicyclic amines) is 1. The first kappa shape index (κ1) is 17.5. The first-order chi connectivity index (χ1) is 12.1. The van der Waals surface area contributed by atoms with Crippen molar-refractivity contribution in [1.29, 1.82) is 0 Å². The number of nitrogens with zero attached hydrogens (tertiary/aromatic N) is 3. The van der Waals surface area contributed by atoms with Gasteiger partial charge in [-0.3, -0.25) is 9.48 Å². The van der Waals surface area contributed by atoms with Crippen LogP contribution in [0.25, 0.3) is 0 Å². The summed E-state index contributed by atoms with van der Waals surface area (Å²) in [6.45, 7) is 1.41. The number of rotatable bonds is 5.